The molecule has 0 radical (unpaired) electrons. The third kappa shape index (κ3) is 3.53. The molecule has 2 nitrogen and oxygen atoms in total. The van der Waals surface area contributed by atoms with E-state index in [2.05, 4.69) is 32.0 Å². The first-order valence-corrected chi connectivity index (χ1v) is 7.13. The van der Waals surface area contributed by atoms with Gasteiger partial charge >= 0.3 is 0 Å². The van der Waals surface area contributed by atoms with Gasteiger partial charge in [0.25, 0.3) is 0 Å². The maximum atomic E-state index is 9.47. The molecule has 1 unspecified atom stereocenters. The second-order valence-corrected chi connectivity index (χ2v) is 5.75. The fourth-order valence-corrected chi connectivity index (χ4v) is 2.75. The Labute approximate surface area is 125 Å². The van der Waals surface area contributed by atoms with Crippen molar-refractivity contribution in [2.24, 2.45) is 5.73 Å². The molecule has 0 saturated heterocycles. The van der Waals surface area contributed by atoms with Gasteiger partial charge in [-0.15, -0.1) is 0 Å². The summed E-state index contributed by atoms with van der Waals surface area (Å²) in [5.74, 6) is 0.375. The van der Waals surface area contributed by atoms with Gasteiger partial charge in [0.15, 0.2) is 0 Å². The first-order chi connectivity index (χ1) is 9.49. The summed E-state index contributed by atoms with van der Waals surface area (Å²) >= 11 is 5.96. The van der Waals surface area contributed by atoms with Crippen LogP contribution in [-0.4, -0.2) is 11.7 Å². The lowest BCUT2D eigenvalue weighted by Crippen LogP contribution is -2.15. The summed E-state index contributed by atoms with van der Waals surface area (Å²) in [4.78, 5) is 0. The van der Waals surface area contributed by atoms with Crippen molar-refractivity contribution < 1.29 is 5.11 Å². The van der Waals surface area contributed by atoms with E-state index in [0.717, 1.165) is 12.0 Å². The van der Waals surface area contributed by atoms with Crippen molar-refractivity contribution >= 4 is 11.6 Å². The van der Waals surface area contributed by atoms with Crippen LogP contribution in [-0.2, 0) is 6.42 Å². The van der Waals surface area contributed by atoms with Crippen LogP contribution in [0.15, 0.2) is 36.4 Å². The molecular weight excluding hydrogens is 270 g/mol. The number of halogens is 1. The minimum atomic E-state index is 0.117. The molecule has 0 bridgehead atoms. The maximum Gasteiger partial charge on any atom is 0.134 e. The van der Waals surface area contributed by atoms with Crippen LogP contribution in [0.4, 0.5) is 0 Å². The lowest BCUT2D eigenvalue weighted by molar-refractivity contribution is 0.475. The Morgan fingerprint density at radius 1 is 1.10 bits per heavy atom. The van der Waals surface area contributed by atoms with E-state index in [1.807, 2.05) is 12.1 Å². The Morgan fingerprint density at radius 2 is 1.75 bits per heavy atom. The van der Waals surface area contributed by atoms with E-state index >= 15 is 0 Å². The molecule has 0 aliphatic carbocycles. The second kappa shape index (κ2) is 6.29. The SMILES string of the molecule is Cc1cc(C)cc(C(CN)Cc2ccc(O)c(Cl)c2)c1. The molecule has 0 saturated carbocycles. The number of hydrogen-bond acceptors (Lipinski definition) is 2. The summed E-state index contributed by atoms with van der Waals surface area (Å²) in [6.45, 7) is 4.78. The van der Waals surface area contributed by atoms with Crippen molar-refractivity contribution in [1.29, 1.82) is 0 Å². The van der Waals surface area contributed by atoms with Gasteiger partial charge in [-0.3, -0.25) is 0 Å². The first kappa shape index (κ1) is 14.9. The summed E-state index contributed by atoms with van der Waals surface area (Å²) < 4.78 is 0. The van der Waals surface area contributed by atoms with Gasteiger partial charge in [-0.1, -0.05) is 47.0 Å². The van der Waals surface area contributed by atoms with Crippen LogP contribution in [0.1, 0.15) is 28.2 Å². The van der Waals surface area contributed by atoms with Gasteiger partial charge in [0.2, 0.25) is 0 Å². The number of nitrogens with two attached hydrogens (primary N) is 1. The first-order valence-electron chi connectivity index (χ1n) is 6.75. The van der Waals surface area contributed by atoms with E-state index in [4.69, 9.17) is 17.3 Å². The van der Waals surface area contributed by atoms with Gasteiger partial charge in [0, 0.05) is 5.92 Å². The molecule has 0 amide bonds. The highest BCUT2D eigenvalue weighted by Crippen LogP contribution is 2.27. The highest BCUT2D eigenvalue weighted by atomic mass is 35.5. The van der Waals surface area contributed by atoms with E-state index in [-0.39, 0.29) is 11.7 Å². The summed E-state index contributed by atoms with van der Waals surface area (Å²) in [6.07, 6.45) is 0.819. The maximum absolute atomic E-state index is 9.47. The van der Waals surface area contributed by atoms with E-state index in [1.165, 1.54) is 16.7 Å². The molecule has 2 aromatic rings. The summed E-state index contributed by atoms with van der Waals surface area (Å²) in [7, 11) is 0. The summed E-state index contributed by atoms with van der Waals surface area (Å²) in [5, 5.41) is 9.86. The van der Waals surface area contributed by atoms with Crippen LogP contribution >= 0.6 is 11.6 Å². The number of rotatable bonds is 4. The lowest BCUT2D eigenvalue weighted by atomic mass is 9.90. The Kier molecular flexibility index (Phi) is 4.69. The van der Waals surface area contributed by atoms with Gasteiger partial charge in [0.05, 0.1) is 5.02 Å². The largest absolute Gasteiger partial charge is 0.506 e. The zero-order valence-corrected chi connectivity index (χ0v) is 12.6. The number of hydrogen-bond donors (Lipinski definition) is 2. The third-order valence-electron chi connectivity index (χ3n) is 3.49. The van der Waals surface area contributed by atoms with Crippen molar-refractivity contribution in [3.05, 3.63) is 63.7 Å². The van der Waals surface area contributed by atoms with Gasteiger partial charge in [-0.25, -0.2) is 0 Å². The van der Waals surface area contributed by atoms with Gasteiger partial charge < -0.3 is 10.8 Å². The number of aryl methyl sites for hydroxylation is 2. The summed E-state index contributed by atoms with van der Waals surface area (Å²) in [5.41, 5.74) is 10.8. The average molecular weight is 290 g/mol. The predicted octanol–water partition coefficient (Wildman–Crippen LogP) is 3.95. The molecule has 0 aliphatic rings. The smallest absolute Gasteiger partial charge is 0.134 e. The molecular formula is C17H20ClNO. The topological polar surface area (TPSA) is 46.2 Å². The zero-order valence-electron chi connectivity index (χ0n) is 11.9. The Bertz CT molecular complexity index is 590. The van der Waals surface area contributed by atoms with Crippen molar-refractivity contribution in [1.82, 2.24) is 0 Å². The second-order valence-electron chi connectivity index (χ2n) is 5.34. The van der Waals surface area contributed by atoms with Crippen molar-refractivity contribution in [3.8, 4) is 5.75 Å². The summed E-state index contributed by atoms with van der Waals surface area (Å²) in [6, 6.07) is 11.9. The molecule has 2 rings (SSSR count). The van der Waals surface area contributed by atoms with E-state index in [9.17, 15) is 5.11 Å². The molecule has 1 atom stereocenters. The van der Waals surface area contributed by atoms with Crippen LogP contribution in [0.3, 0.4) is 0 Å². The van der Waals surface area contributed by atoms with E-state index in [0.29, 0.717) is 11.6 Å². The van der Waals surface area contributed by atoms with E-state index in [1.54, 1.807) is 6.07 Å². The molecule has 3 N–H and O–H groups in total. The van der Waals surface area contributed by atoms with Crippen LogP contribution < -0.4 is 5.73 Å². The standard InChI is InChI=1S/C17H20ClNO/c1-11-5-12(2)7-14(6-11)15(10-19)8-13-3-4-17(20)16(18)9-13/h3-7,9,15,20H,8,10,19H2,1-2H3. The molecule has 2 aromatic carbocycles. The van der Waals surface area contributed by atoms with Gasteiger partial charge in [0.1, 0.15) is 5.75 Å². The van der Waals surface area contributed by atoms with Gasteiger partial charge in [-0.2, -0.15) is 0 Å². The van der Waals surface area contributed by atoms with Crippen LogP contribution in [0, 0.1) is 13.8 Å². The minimum absolute atomic E-state index is 0.117. The van der Waals surface area contributed by atoms with Crippen LogP contribution in [0.5, 0.6) is 5.75 Å². The molecule has 0 aromatic heterocycles. The van der Waals surface area contributed by atoms with Crippen molar-refractivity contribution in [2.45, 2.75) is 26.2 Å². The Balaban J connectivity index is 2.26. The predicted molar refractivity (Wildman–Crippen MR) is 84.5 cm³/mol. The fraction of sp³-hybridized carbons (Fsp3) is 0.294. The molecule has 106 valence electrons. The number of benzene rings is 2. The molecule has 0 heterocycles. The normalized spacial score (nSPS) is 12.4. The fourth-order valence-electron chi connectivity index (χ4n) is 2.54. The number of phenols is 1. The van der Waals surface area contributed by atoms with Crippen molar-refractivity contribution in [3.63, 3.8) is 0 Å². The lowest BCUT2D eigenvalue weighted by Gasteiger charge is -2.17. The number of phenolic OH excluding ortho intramolecular Hbond substituents is 1. The van der Waals surface area contributed by atoms with Crippen LogP contribution in [0.25, 0.3) is 0 Å². The Hall–Kier alpha value is -1.51. The van der Waals surface area contributed by atoms with Crippen LogP contribution in [0.2, 0.25) is 5.02 Å². The highest BCUT2D eigenvalue weighted by molar-refractivity contribution is 6.32. The molecule has 0 aliphatic heterocycles. The van der Waals surface area contributed by atoms with E-state index < -0.39 is 0 Å². The highest BCUT2D eigenvalue weighted by Gasteiger charge is 2.12. The number of aromatic hydroxyl groups is 1. The average Bonchev–Trinajstić information content (AvgIpc) is 2.38. The molecule has 0 spiro atoms. The monoisotopic (exact) mass is 289 g/mol. The molecule has 0 fully saturated rings. The third-order valence-corrected chi connectivity index (χ3v) is 3.80. The molecule has 20 heavy (non-hydrogen) atoms. The Morgan fingerprint density at radius 3 is 2.30 bits per heavy atom. The quantitative estimate of drug-likeness (QED) is 0.895. The zero-order chi connectivity index (χ0) is 14.7. The molecule has 3 heteroatoms. The van der Waals surface area contributed by atoms with Crippen molar-refractivity contribution in [2.75, 3.05) is 6.54 Å². The van der Waals surface area contributed by atoms with Gasteiger partial charge in [-0.05, 0) is 50.1 Å². The minimum Gasteiger partial charge on any atom is -0.506 e.